The van der Waals surface area contributed by atoms with Gasteiger partial charge in [0.25, 0.3) is 19.7 Å². The molecule has 0 saturated carbocycles. The molecule has 0 unspecified atom stereocenters. The van der Waals surface area contributed by atoms with Gasteiger partial charge in [0, 0.05) is 0 Å². The number of rotatable bonds is 4. The van der Waals surface area contributed by atoms with Crippen LogP contribution in [0.4, 0.5) is 0 Å². The maximum atomic E-state index is 11.8. The highest BCUT2D eigenvalue weighted by Crippen LogP contribution is 2.26. The van der Waals surface area contributed by atoms with Crippen LogP contribution in [0.1, 0.15) is 5.56 Å². The van der Waals surface area contributed by atoms with Crippen molar-refractivity contribution in [3.05, 3.63) is 29.8 Å². The lowest BCUT2D eigenvalue weighted by molar-refractivity contribution is -0.118. The molecule has 0 aliphatic heterocycles. The number of benzene rings is 1. The SMILES string of the molecule is NCCc1ccc(S(=O)(=O)NC(=O)C(Cl)(Cl)Cl)cc1. The zero-order chi connectivity index (χ0) is 14.7. The molecule has 0 fully saturated rings. The molecular formula is C10H11Cl3N2O3S. The monoisotopic (exact) mass is 344 g/mol. The summed E-state index contributed by atoms with van der Waals surface area (Å²) in [6.45, 7) is 0.454. The Morgan fingerprint density at radius 1 is 1.21 bits per heavy atom. The second-order valence-corrected chi connectivity index (χ2v) is 7.58. The van der Waals surface area contributed by atoms with Crippen molar-refractivity contribution in [2.45, 2.75) is 15.1 Å². The van der Waals surface area contributed by atoms with E-state index < -0.39 is 19.7 Å². The Bertz CT molecular complexity index is 552. The molecule has 0 aromatic heterocycles. The molecule has 0 bridgehead atoms. The van der Waals surface area contributed by atoms with Crippen molar-refractivity contribution >= 4 is 50.7 Å². The standard InChI is InChI=1S/C10H11Cl3N2O3S/c11-10(12,13)9(16)15-19(17,18)8-3-1-7(2-4-8)5-6-14/h1-4H,5-6,14H2,(H,15,16). The van der Waals surface area contributed by atoms with Crippen LogP contribution in [0.15, 0.2) is 29.2 Å². The zero-order valence-electron chi connectivity index (χ0n) is 9.57. The fourth-order valence-corrected chi connectivity index (χ4v) is 2.56. The summed E-state index contributed by atoms with van der Waals surface area (Å²) in [5.41, 5.74) is 6.26. The molecule has 106 valence electrons. The summed E-state index contributed by atoms with van der Waals surface area (Å²) in [6.07, 6.45) is 0.626. The summed E-state index contributed by atoms with van der Waals surface area (Å²) >= 11 is 15.9. The zero-order valence-corrected chi connectivity index (χ0v) is 12.7. The van der Waals surface area contributed by atoms with Crippen molar-refractivity contribution in [3.8, 4) is 0 Å². The van der Waals surface area contributed by atoms with Gasteiger partial charge in [-0.05, 0) is 30.7 Å². The van der Waals surface area contributed by atoms with E-state index in [-0.39, 0.29) is 4.90 Å². The van der Waals surface area contributed by atoms with Crippen LogP contribution in [0.3, 0.4) is 0 Å². The number of carbonyl (C=O) groups excluding carboxylic acids is 1. The number of nitrogens with one attached hydrogen (secondary N) is 1. The predicted octanol–water partition coefficient (Wildman–Crippen LogP) is 1.36. The fraction of sp³-hybridized carbons (Fsp3) is 0.300. The Morgan fingerprint density at radius 3 is 2.16 bits per heavy atom. The molecule has 0 saturated heterocycles. The molecule has 3 N–H and O–H groups in total. The van der Waals surface area contributed by atoms with Gasteiger partial charge in [-0.3, -0.25) is 4.79 Å². The number of halogens is 3. The highest BCUT2D eigenvalue weighted by atomic mass is 35.6. The van der Waals surface area contributed by atoms with Crippen LogP contribution in [-0.4, -0.2) is 24.7 Å². The molecule has 9 heteroatoms. The number of nitrogens with two attached hydrogens (primary N) is 1. The molecule has 0 heterocycles. The Kier molecular flexibility index (Phi) is 5.46. The van der Waals surface area contributed by atoms with Gasteiger partial charge in [0.05, 0.1) is 4.90 Å². The smallest absolute Gasteiger partial charge is 0.285 e. The fourth-order valence-electron chi connectivity index (χ4n) is 1.24. The molecular weight excluding hydrogens is 335 g/mol. The highest BCUT2D eigenvalue weighted by Gasteiger charge is 2.34. The van der Waals surface area contributed by atoms with Crippen LogP contribution >= 0.6 is 34.8 Å². The van der Waals surface area contributed by atoms with Gasteiger partial charge in [-0.2, -0.15) is 0 Å². The lowest BCUT2D eigenvalue weighted by Gasteiger charge is -2.12. The van der Waals surface area contributed by atoms with Gasteiger partial charge < -0.3 is 5.73 Å². The number of amides is 1. The third-order valence-corrected chi connectivity index (χ3v) is 4.01. The molecule has 1 aromatic carbocycles. The van der Waals surface area contributed by atoms with Crippen LogP contribution in [0, 0.1) is 0 Å². The molecule has 0 radical (unpaired) electrons. The summed E-state index contributed by atoms with van der Waals surface area (Å²) in [7, 11) is -4.06. The topological polar surface area (TPSA) is 89.3 Å². The van der Waals surface area contributed by atoms with Crippen molar-refractivity contribution in [1.29, 1.82) is 0 Å². The van der Waals surface area contributed by atoms with Gasteiger partial charge >= 0.3 is 0 Å². The van der Waals surface area contributed by atoms with Crippen molar-refractivity contribution in [1.82, 2.24) is 4.72 Å². The third kappa shape index (κ3) is 4.81. The molecule has 0 atom stereocenters. The highest BCUT2D eigenvalue weighted by molar-refractivity contribution is 7.90. The van der Waals surface area contributed by atoms with Crippen LogP contribution < -0.4 is 10.5 Å². The largest absolute Gasteiger partial charge is 0.330 e. The Labute approximate surface area is 126 Å². The summed E-state index contributed by atoms with van der Waals surface area (Å²) in [6, 6.07) is 5.89. The van der Waals surface area contributed by atoms with E-state index in [1.807, 2.05) is 0 Å². The second kappa shape index (κ2) is 6.28. The lowest BCUT2D eigenvalue weighted by Crippen LogP contribution is -2.38. The average Bonchev–Trinajstić information content (AvgIpc) is 2.28. The molecule has 0 aliphatic carbocycles. The van der Waals surface area contributed by atoms with E-state index in [0.717, 1.165) is 5.56 Å². The summed E-state index contributed by atoms with van der Waals surface area (Å²) in [4.78, 5) is 11.2. The quantitative estimate of drug-likeness (QED) is 0.806. The molecule has 1 aromatic rings. The molecule has 1 amide bonds. The van der Waals surface area contributed by atoms with Crippen LogP contribution in [0.5, 0.6) is 0 Å². The minimum Gasteiger partial charge on any atom is -0.330 e. The van der Waals surface area contributed by atoms with E-state index in [2.05, 4.69) is 0 Å². The normalized spacial score (nSPS) is 12.2. The summed E-state index contributed by atoms with van der Waals surface area (Å²) in [5, 5.41) is 0. The number of alkyl halides is 3. The van der Waals surface area contributed by atoms with Crippen LogP contribution in [0.25, 0.3) is 0 Å². The minimum atomic E-state index is -4.06. The molecule has 19 heavy (non-hydrogen) atoms. The van der Waals surface area contributed by atoms with Gasteiger partial charge in [0.15, 0.2) is 0 Å². The second-order valence-electron chi connectivity index (χ2n) is 3.62. The van der Waals surface area contributed by atoms with Gasteiger partial charge in [-0.15, -0.1) is 0 Å². The van der Waals surface area contributed by atoms with E-state index >= 15 is 0 Å². The Balaban J connectivity index is 2.92. The number of sulfonamides is 1. The van der Waals surface area contributed by atoms with Gasteiger partial charge in [-0.25, -0.2) is 13.1 Å². The Morgan fingerprint density at radius 2 is 1.74 bits per heavy atom. The summed E-state index contributed by atoms with van der Waals surface area (Å²) < 4.78 is 23.0. The predicted molar refractivity (Wildman–Crippen MR) is 74.8 cm³/mol. The van der Waals surface area contributed by atoms with Crippen molar-refractivity contribution in [2.24, 2.45) is 5.73 Å². The van der Waals surface area contributed by atoms with E-state index in [1.165, 1.54) is 12.1 Å². The number of hydrogen-bond acceptors (Lipinski definition) is 4. The van der Waals surface area contributed by atoms with E-state index in [4.69, 9.17) is 40.5 Å². The van der Waals surface area contributed by atoms with E-state index in [0.29, 0.717) is 13.0 Å². The average molecular weight is 346 g/mol. The van der Waals surface area contributed by atoms with Gasteiger partial charge in [-0.1, -0.05) is 46.9 Å². The number of hydrogen-bond donors (Lipinski definition) is 2. The molecule has 1 rings (SSSR count). The third-order valence-electron chi connectivity index (χ3n) is 2.15. The first-order chi connectivity index (χ1) is 8.66. The number of carbonyl (C=O) groups is 1. The maximum Gasteiger partial charge on any atom is 0.285 e. The first kappa shape index (κ1) is 16.5. The summed E-state index contributed by atoms with van der Waals surface area (Å²) in [5.74, 6) is -1.23. The first-order valence-corrected chi connectivity index (χ1v) is 7.71. The van der Waals surface area contributed by atoms with Gasteiger partial charge in [0.2, 0.25) is 0 Å². The van der Waals surface area contributed by atoms with E-state index in [9.17, 15) is 13.2 Å². The molecule has 0 aliphatic rings. The van der Waals surface area contributed by atoms with Crippen molar-refractivity contribution < 1.29 is 13.2 Å². The van der Waals surface area contributed by atoms with Crippen LogP contribution in [0.2, 0.25) is 0 Å². The van der Waals surface area contributed by atoms with Crippen LogP contribution in [-0.2, 0) is 21.2 Å². The van der Waals surface area contributed by atoms with Crippen molar-refractivity contribution in [3.63, 3.8) is 0 Å². The van der Waals surface area contributed by atoms with E-state index in [1.54, 1.807) is 16.9 Å². The first-order valence-electron chi connectivity index (χ1n) is 5.10. The van der Waals surface area contributed by atoms with Gasteiger partial charge in [0.1, 0.15) is 0 Å². The minimum absolute atomic E-state index is 0.101. The molecule has 0 spiro atoms. The maximum absolute atomic E-state index is 11.8. The lowest BCUT2D eigenvalue weighted by atomic mass is 10.2. The molecule has 5 nitrogen and oxygen atoms in total. The van der Waals surface area contributed by atoms with Crippen molar-refractivity contribution in [2.75, 3.05) is 6.54 Å². The Hall–Kier alpha value is -0.530.